The van der Waals surface area contributed by atoms with Crippen molar-refractivity contribution in [1.29, 1.82) is 0 Å². The predicted molar refractivity (Wildman–Crippen MR) is 21.3 cm³/mol. The lowest BCUT2D eigenvalue weighted by molar-refractivity contribution is 1.22. The van der Waals surface area contributed by atoms with Gasteiger partial charge in [0, 0.05) is 12.4 Å². The van der Waals surface area contributed by atoms with Gasteiger partial charge in [-0.15, -0.1) is 0 Å². The summed E-state index contributed by atoms with van der Waals surface area (Å²) in [5.74, 6) is 0.218. The van der Waals surface area contributed by atoms with Crippen molar-refractivity contribution in [2.24, 2.45) is 0 Å². The molecular formula is C3H4N3. The van der Waals surface area contributed by atoms with E-state index in [1.807, 2.05) is 0 Å². The van der Waals surface area contributed by atoms with E-state index >= 15 is 0 Å². The van der Waals surface area contributed by atoms with Gasteiger partial charge in [0.2, 0.25) is 5.95 Å². The van der Waals surface area contributed by atoms with Crippen LogP contribution in [0.4, 0.5) is 5.95 Å². The van der Waals surface area contributed by atoms with E-state index in [1.54, 1.807) is 12.4 Å². The number of nitrogens with one attached hydrogen (secondary N) is 2. The standard InChI is InChI=1S/C3H4N3/c4-3-5-1-2-6-3/h1-2,4H,(H,5,6). The zero-order valence-corrected chi connectivity index (χ0v) is 3.10. The minimum absolute atomic E-state index is 0.218. The first-order valence-corrected chi connectivity index (χ1v) is 1.60. The van der Waals surface area contributed by atoms with Crippen LogP contribution in [0.3, 0.4) is 0 Å². The first-order valence-electron chi connectivity index (χ1n) is 1.60. The Bertz CT molecular complexity index is 110. The van der Waals surface area contributed by atoms with Gasteiger partial charge in [-0.05, 0) is 0 Å². The molecule has 1 heterocycles. The van der Waals surface area contributed by atoms with Gasteiger partial charge in [-0.1, -0.05) is 0 Å². The number of aromatic nitrogens is 2. The lowest BCUT2D eigenvalue weighted by Crippen LogP contribution is -1.64. The molecule has 31 valence electrons. The summed E-state index contributed by atoms with van der Waals surface area (Å²) in [4.78, 5) is 6.08. The zero-order valence-electron chi connectivity index (χ0n) is 3.10. The molecule has 0 atom stereocenters. The highest BCUT2D eigenvalue weighted by Crippen LogP contribution is 1.85. The summed E-state index contributed by atoms with van der Waals surface area (Å²) < 4.78 is 0. The summed E-state index contributed by atoms with van der Waals surface area (Å²) in [6.07, 6.45) is 3.16. The summed E-state index contributed by atoms with van der Waals surface area (Å²) in [5, 5.41) is 0. The number of hydrogen-bond acceptors (Lipinski definition) is 1. The van der Waals surface area contributed by atoms with Crippen LogP contribution in [-0.2, 0) is 0 Å². The third kappa shape index (κ3) is 0.337. The van der Waals surface area contributed by atoms with Gasteiger partial charge in [0.1, 0.15) is 0 Å². The average molecular weight is 82.1 g/mol. The van der Waals surface area contributed by atoms with Crippen LogP contribution < -0.4 is 5.73 Å². The molecule has 1 aromatic heterocycles. The van der Waals surface area contributed by atoms with Crippen molar-refractivity contribution in [3.05, 3.63) is 12.4 Å². The maximum atomic E-state index is 6.71. The molecule has 0 aliphatic heterocycles. The molecule has 3 heteroatoms. The Hall–Kier alpha value is -0.990. The fourth-order valence-corrected chi connectivity index (χ4v) is 0.265. The van der Waals surface area contributed by atoms with Crippen LogP contribution in [0.5, 0.6) is 0 Å². The lowest BCUT2D eigenvalue weighted by Gasteiger charge is -1.67. The fourth-order valence-electron chi connectivity index (χ4n) is 0.265. The Labute approximate surface area is 35.2 Å². The SMILES string of the molecule is [NH]c1ncc[nH]1. The molecular weight excluding hydrogens is 78.1 g/mol. The van der Waals surface area contributed by atoms with Crippen LogP contribution in [0, 0.1) is 0 Å². The van der Waals surface area contributed by atoms with E-state index < -0.39 is 0 Å². The molecule has 0 amide bonds. The molecule has 0 unspecified atom stereocenters. The third-order valence-electron chi connectivity index (χ3n) is 0.498. The number of rotatable bonds is 0. The highest BCUT2D eigenvalue weighted by molar-refractivity contribution is 5.05. The minimum Gasteiger partial charge on any atom is -0.330 e. The molecule has 0 aromatic carbocycles. The predicted octanol–water partition coefficient (Wildman–Crippen LogP) is 0.324. The quantitative estimate of drug-likeness (QED) is 0.481. The van der Waals surface area contributed by atoms with Crippen molar-refractivity contribution in [2.45, 2.75) is 0 Å². The van der Waals surface area contributed by atoms with Gasteiger partial charge < -0.3 is 4.98 Å². The smallest absolute Gasteiger partial charge is 0.219 e. The van der Waals surface area contributed by atoms with Crippen molar-refractivity contribution in [3.8, 4) is 0 Å². The molecule has 1 rings (SSSR count). The van der Waals surface area contributed by atoms with Crippen molar-refractivity contribution >= 4 is 5.95 Å². The van der Waals surface area contributed by atoms with Crippen molar-refractivity contribution in [1.82, 2.24) is 15.7 Å². The van der Waals surface area contributed by atoms with Gasteiger partial charge in [-0.2, -0.15) is 0 Å². The first-order chi connectivity index (χ1) is 2.89. The van der Waals surface area contributed by atoms with E-state index in [1.165, 1.54) is 0 Å². The van der Waals surface area contributed by atoms with Crippen LogP contribution in [0.15, 0.2) is 12.4 Å². The van der Waals surface area contributed by atoms with Gasteiger partial charge in [0.05, 0.1) is 0 Å². The molecule has 0 spiro atoms. The molecule has 1 radical (unpaired) electrons. The first kappa shape index (κ1) is 3.21. The number of nitrogens with zero attached hydrogens (tertiary/aromatic N) is 1. The molecule has 1 aromatic rings. The maximum Gasteiger partial charge on any atom is 0.219 e. The lowest BCUT2D eigenvalue weighted by atomic mass is 11.0. The molecule has 3 nitrogen and oxygen atoms in total. The van der Waals surface area contributed by atoms with Crippen LogP contribution >= 0.6 is 0 Å². The number of aromatic amines is 1. The maximum absolute atomic E-state index is 6.71. The van der Waals surface area contributed by atoms with Crippen LogP contribution in [0.25, 0.3) is 0 Å². The van der Waals surface area contributed by atoms with Crippen LogP contribution in [0.1, 0.15) is 0 Å². The summed E-state index contributed by atoms with van der Waals surface area (Å²) in [6, 6.07) is 0. The Morgan fingerprint density at radius 3 is 2.83 bits per heavy atom. The molecule has 0 bridgehead atoms. The van der Waals surface area contributed by atoms with Gasteiger partial charge in [0.15, 0.2) is 0 Å². The zero-order chi connectivity index (χ0) is 4.41. The van der Waals surface area contributed by atoms with Crippen LogP contribution in [0.2, 0.25) is 0 Å². The second-order valence-corrected chi connectivity index (χ2v) is 0.938. The van der Waals surface area contributed by atoms with Gasteiger partial charge >= 0.3 is 0 Å². The largest absolute Gasteiger partial charge is 0.330 e. The number of H-pyrrole nitrogens is 1. The monoisotopic (exact) mass is 82.0 g/mol. The van der Waals surface area contributed by atoms with E-state index in [0.29, 0.717) is 0 Å². The molecule has 0 saturated heterocycles. The normalized spacial score (nSPS) is 8.67. The Kier molecular flexibility index (Phi) is 0.538. The highest BCUT2D eigenvalue weighted by atomic mass is 15.0. The molecule has 0 aliphatic rings. The highest BCUT2D eigenvalue weighted by Gasteiger charge is 1.75. The van der Waals surface area contributed by atoms with E-state index in [4.69, 9.17) is 5.73 Å². The van der Waals surface area contributed by atoms with Crippen molar-refractivity contribution < 1.29 is 0 Å². The van der Waals surface area contributed by atoms with Crippen molar-refractivity contribution in [3.63, 3.8) is 0 Å². The Balaban J connectivity index is 3.05. The summed E-state index contributed by atoms with van der Waals surface area (Å²) >= 11 is 0. The van der Waals surface area contributed by atoms with Gasteiger partial charge in [-0.25, -0.2) is 4.98 Å². The number of hydrogen-bond donors (Lipinski definition) is 1. The summed E-state index contributed by atoms with van der Waals surface area (Å²) in [6.45, 7) is 0. The topological polar surface area (TPSA) is 52.5 Å². The Morgan fingerprint density at radius 1 is 1.83 bits per heavy atom. The second-order valence-electron chi connectivity index (χ2n) is 0.938. The molecule has 0 fully saturated rings. The van der Waals surface area contributed by atoms with E-state index in [0.717, 1.165) is 0 Å². The third-order valence-corrected chi connectivity index (χ3v) is 0.498. The fraction of sp³-hybridized carbons (Fsp3) is 0. The molecule has 0 saturated carbocycles. The van der Waals surface area contributed by atoms with Gasteiger partial charge in [-0.3, -0.25) is 5.73 Å². The molecule has 2 N–H and O–H groups in total. The number of imidazole rings is 1. The summed E-state index contributed by atoms with van der Waals surface area (Å²) in [5.41, 5.74) is 6.71. The summed E-state index contributed by atoms with van der Waals surface area (Å²) in [7, 11) is 0. The Morgan fingerprint density at radius 2 is 2.67 bits per heavy atom. The van der Waals surface area contributed by atoms with E-state index in [-0.39, 0.29) is 5.95 Å². The van der Waals surface area contributed by atoms with E-state index in [9.17, 15) is 0 Å². The minimum atomic E-state index is 0.218. The van der Waals surface area contributed by atoms with Crippen LogP contribution in [-0.4, -0.2) is 9.97 Å². The van der Waals surface area contributed by atoms with Crippen molar-refractivity contribution in [2.75, 3.05) is 0 Å². The van der Waals surface area contributed by atoms with Gasteiger partial charge in [0.25, 0.3) is 0 Å². The van der Waals surface area contributed by atoms with E-state index in [2.05, 4.69) is 9.97 Å². The second kappa shape index (κ2) is 1.01. The molecule has 6 heavy (non-hydrogen) atoms. The average Bonchev–Trinajstić information content (AvgIpc) is 1.86. The molecule has 0 aliphatic carbocycles.